The van der Waals surface area contributed by atoms with Gasteiger partial charge in [-0.3, -0.25) is 0 Å². The quantitative estimate of drug-likeness (QED) is 0.190. The first-order valence-corrected chi connectivity index (χ1v) is 4.42. The van der Waals surface area contributed by atoms with Crippen LogP contribution < -0.4 is 0 Å². The molecule has 0 unspecified atom stereocenters. The van der Waals surface area contributed by atoms with Crippen LogP contribution in [0.4, 0.5) is 4.39 Å². The molecule has 0 amide bonds. The Hall–Kier alpha value is -1.76. The lowest BCUT2D eigenvalue weighted by molar-refractivity contribution is 0.621. The second-order valence-electron chi connectivity index (χ2n) is 2.50. The molecular weight excluding hydrogens is 219 g/mol. The first kappa shape index (κ1) is 11.3. The Balaban J connectivity index is 2.64. The van der Waals surface area contributed by atoms with Crippen LogP contribution in [0.5, 0.6) is 0 Å². The molecule has 0 aliphatic heterocycles. The van der Waals surface area contributed by atoms with Crippen LogP contribution in [-0.4, -0.2) is 11.5 Å². The molecule has 0 saturated heterocycles. The molecule has 0 fully saturated rings. The highest BCUT2D eigenvalue weighted by Crippen LogP contribution is 2.10. The molecular formula is C9H6ClFN4. The Morgan fingerprint density at radius 1 is 1.67 bits per heavy atom. The Labute approximate surface area is 90.7 Å². The van der Waals surface area contributed by atoms with Crippen molar-refractivity contribution in [1.29, 1.82) is 0 Å². The summed E-state index contributed by atoms with van der Waals surface area (Å²) < 4.78 is 12.9. The molecule has 0 bridgehead atoms. The summed E-state index contributed by atoms with van der Waals surface area (Å²) in [5, 5.41) is 3.13. The molecule has 0 saturated carbocycles. The molecule has 0 atom stereocenters. The third-order valence-corrected chi connectivity index (χ3v) is 1.71. The van der Waals surface area contributed by atoms with Gasteiger partial charge in [0.2, 0.25) is 0 Å². The zero-order chi connectivity index (χ0) is 11.1. The fourth-order valence-corrected chi connectivity index (χ4v) is 0.908. The van der Waals surface area contributed by atoms with Crippen molar-refractivity contribution in [2.24, 2.45) is 5.11 Å². The third kappa shape index (κ3) is 3.86. The van der Waals surface area contributed by atoms with Gasteiger partial charge in [0.1, 0.15) is 0 Å². The molecule has 0 aliphatic rings. The summed E-state index contributed by atoms with van der Waals surface area (Å²) >= 11 is 5.39. The van der Waals surface area contributed by atoms with E-state index in [1.165, 1.54) is 12.3 Å². The first-order valence-electron chi connectivity index (χ1n) is 4.05. The van der Waals surface area contributed by atoms with Crippen molar-refractivity contribution < 1.29 is 4.39 Å². The predicted octanol–water partition coefficient (Wildman–Crippen LogP) is 2.93. The fourth-order valence-electron chi connectivity index (χ4n) is 0.805. The Bertz CT molecular complexity index is 457. The van der Waals surface area contributed by atoms with Gasteiger partial charge >= 0.3 is 0 Å². The van der Waals surface area contributed by atoms with Crippen LogP contribution in [0.3, 0.4) is 0 Å². The minimum absolute atomic E-state index is 0.172. The van der Waals surface area contributed by atoms with Gasteiger partial charge < -0.3 is 0 Å². The lowest BCUT2D eigenvalue weighted by Gasteiger charge is -1.92. The van der Waals surface area contributed by atoms with Crippen molar-refractivity contribution in [3.8, 4) is 11.8 Å². The molecule has 1 aromatic heterocycles. The van der Waals surface area contributed by atoms with Gasteiger partial charge in [0, 0.05) is 29.6 Å². The van der Waals surface area contributed by atoms with Crippen LogP contribution in [0.2, 0.25) is 5.15 Å². The normalized spacial score (nSPS) is 8.67. The van der Waals surface area contributed by atoms with E-state index < -0.39 is 5.82 Å². The van der Waals surface area contributed by atoms with Crippen molar-refractivity contribution in [3.63, 3.8) is 0 Å². The smallest absolute Gasteiger partial charge is 0.164 e. The van der Waals surface area contributed by atoms with E-state index >= 15 is 0 Å². The lowest BCUT2D eigenvalue weighted by Crippen LogP contribution is -1.85. The molecule has 6 heteroatoms. The molecule has 76 valence electrons. The van der Waals surface area contributed by atoms with E-state index in [0.29, 0.717) is 18.5 Å². The maximum atomic E-state index is 12.9. The summed E-state index contributed by atoms with van der Waals surface area (Å²) in [5.41, 5.74) is 8.43. The van der Waals surface area contributed by atoms with E-state index in [9.17, 15) is 4.39 Å². The standard InChI is InChI=1S/C9H6ClFN4/c10-9-8(11)5-7(6-13-9)3-1-2-4-14-15-12/h5-6H,2,4H2. The second-order valence-corrected chi connectivity index (χ2v) is 2.86. The lowest BCUT2D eigenvalue weighted by atomic mass is 10.3. The number of rotatable bonds is 2. The highest BCUT2D eigenvalue weighted by atomic mass is 35.5. The average Bonchev–Trinajstić information content (AvgIpc) is 2.23. The summed E-state index contributed by atoms with van der Waals surface area (Å²) in [7, 11) is 0. The van der Waals surface area contributed by atoms with Crippen molar-refractivity contribution in [2.45, 2.75) is 6.42 Å². The summed E-state index contributed by atoms with van der Waals surface area (Å²) in [6.45, 7) is 0.299. The highest BCUT2D eigenvalue weighted by molar-refractivity contribution is 6.29. The van der Waals surface area contributed by atoms with Crippen molar-refractivity contribution in [2.75, 3.05) is 6.54 Å². The summed E-state index contributed by atoms with van der Waals surface area (Å²) in [4.78, 5) is 6.17. The zero-order valence-electron chi connectivity index (χ0n) is 7.61. The number of aromatic nitrogens is 1. The van der Waals surface area contributed by atoms with Crippen LogP contribution in [0, 0.1) is 17.7 Å². The van der Waals surface area contributed by atoms with Gasteiger partial charge in [-0.1, -0.05) is 28.6 Å². The van der Waals surface area contributed by atoms with Crippen molar-refractivity contribution in [3.05, 3.63) is 39.2 Å². The molecule has 1 aromatic rings. The van der Waals surface area contributed by atoms with Gasteiger partial charge in [-0.25, -0.2) is 9.37 Å². The first-order chi connectivity index (χ1) is 7.24. The van der Waals surface area contributed by atoms with E-state index in [2.05, 4.69) is 26.9 Å². The van der Waals surface area contributed by atoms with Crippen LogP contribution >= 0.6 is 11.6 Å². The second kappa shape index (κ2) is 5.86. The van der Waals surface area contributed by atoms with E-state index in [4.69, 9.17) is 17.1 Å². The van der Waals surface area contributed by atoms with Gasteiger partial charge in [0.25, 0.3) is 0 Å². The molecule has 0 aromatic carbocycles. The van der Waals surface area contributed by atoms with E-state index in [1.807, 2.05) is 0 Å². The molecule has 1 heterocycles. The SMILES string of the molecule is [N-]=[N+]=NCCC#Cc1cnc(Cl)c(F)c1. The minimum Gasteiger partial charge on any atom is -0.240 e. The number of hydrogen-bond acceptors (Lipinski definition) is 2. The summed E-state index contributed by atoms with van der Waals surface area (Å²) in [6, 6.07) is 1.20. The molecule has 0 radical (unpaired) electrons. The number of pyridine rings is 1. The summed E-state index contributed by atoms with van der Waals surface area (Å²) in [6.07, 6.45) is 1.81. The van der Waals surface area contributed by atoms with Crippen molar-refractivity contribution >= 4 is 11.6 Å². The Morgan fingerprint density at radius 3 is 3.13 bits per heavy atom. The number of azide groups is 1. The number of hydrogen-bond donors (Lipinski definition) is 0. The van der Waals surface area contributed by atoms with E-state index in [1.54, 1.807) is 0 Å². The van der Waals surface area contributed by atoms with Gasteiger partial charge in [0.05, 0.1) is 0 Å². The van der Waals surface area contributed by atoms with E-state index in [0.717, 1.165) is 0 Å². The molecule has 15 heavy (non-hydrogen) atoms. The van der Waals surface area contributed by atoms with Crippen LogP contribution in [0.15, 0.2) is 17.4 Å². The number of halogens is 2. The van der Waals surface area contributed by atoms with Crippen LogP contribution in [0.25, 0.3) is 10.4 Å². The average molecular weight is 225 g/mol. The Morgan fingerprint density at radius 2 is 2.47 bits per heavy atom. The summed E-state index contributed by atoms with van der Waals surface area (Å²) in [5.74, 6) is 4.80. The molecule has 0 spiro atoms. The molecule has 0 N–H and O–H groups in total. The molecule has 4 nitrogen and oxygen atoms in total. The van der Waals surface area contributed by atoms with Gasteiger partial charge in [-0.05, 0) is 11.6 Å². The largest absolute Gasteiger partial charge is 0.240 e. The predicted molar refractivity (Wildman–Crippen MR) is 54.7 cm³/mol. The third-order valence-electron chi connectivity index (χ3n) is 1.43. The van der Waals surface area contributed by atoms with E-state index in [-0.39, 0.29) is 5.15 Å². The number of nitrogens with zero attached hydrogens (tertiary/aromatic N) is 4. The molecule has 0 aliphatic carbocycles. The van der Waals surface area contributed by atoms with Gasteiger partial charge in [-0.2, -0.15) is 0 Å². The Kier molecular flexibility index (Phi) is 4.42. The maximum absolute atomic E-state index is 12.9. The highest BCUT2D eigenvalue weighted by Gasteiger charge is 1.99. The topological polar surface area (TPSA) is 61.7 Å². The fraction of sp³-hybridized carbons (Fsp3) is 0.222. The monoisotopic (exact) mass is 224 g/mol. The zero-order valence-corrected chi connectivity index (χ0v) is 8.37. The minimum atomic E-state index is -0.599. The van der Waals surface area contributed by atoms with Crippen molar-refractivity contribution in [1.82, 2.24) is 4.98 Å². The van der Waals surface area contributed by atoms with Gasteiger partial charge in [-0.15, -0.1) is 0 Å². The van der Waals surface area contributed by atoms with Gasteiger partial charge in [0.15, 0.2) is 11.0 Å². The molecule has 1 rings (SSSR count). The maximum Gasteiger partial charge on any atom is 0.164 e. The van der Waals surface area contributed by atoms with Crippen LogP contribution in [-0.2, 0) is 0 Å². The van der Waals surface area contributed by atoms with Crippen LogP contribution in [0.1, 0.15) is 12.0 Å².